The van der Waals surface area contributed by atoms with Crippen LogP contribution in [0.4, 0.5) is 0 Å². The van der Waals surface area contributed by atoms with E-state index in [0.717, 1.165) is 11.3 Å². The van der Waals surface area contributed by atoms with Crippen molar-refractivity contribution < 1.29 is 8.42 Å². The van der Waals surface area contributed by atoms with Crippen molar-refractivity contribution in [3.8, 4) is 0 Å². The number of hydrogen-bond donors (Lipinski definition) is 0. The number of rotatable bonds is 2. The van der Waals surface area contributed by atoms with Gasteiger partial charge in [-0.25, -0.2) is 8.42 Å². The highest BCUT2D eigenvalue weighted by Gasteiger charge is 2.33. The number of hydrogen-bond acceptors (Lipinski definition) is 2. The molecular formula is C18H24N2O2S. The predicted octanol–water partition coefficient (Wildman–Crippen LogP) is 3.55. The minimum Gasteiger partial charge on any atom is -0.349 e. The highest BCUT2D eigenvalue weighted by Crippen LogP contribution is 2.32. The zero-order chi connectivity index (χ0) is 16.8. The summed E-state index contributed by atoms with van der Waals surface area (Å²) >= 11 is 0. The Morgan fingerprint density at radius 3 is 2.30 bits per heavy atom. The summed E-state index contributed by atoms with van der Waals surface area (Å²) < 4.78 is 29.7. The fourth-order valence-corrected chi connectivity index (χ4v) is 4.75. The summed E-state index contributed by atoms with van der Waals surface area (Å²) in [6.45, 7) is 9.52. The third-order valence-corrected chi connectivity index (χ3v) is 6.60. The fourth-order valence-electron chi connectivity index (χ4n) is 3.15. The first kappa shape index (κ1) is 16.3. The van der Waals surface area contributed by atoms with E-state index in [1.807, 2.05) is 37.4 Å². The summed E-state index contributed by atoms with van der Waals surface area (Å²) in [5.74, 6) is 0. The Kier molecular flexibility index (Phi) is 3.89. The molecule has 0 amide bonds. The molecule has 1 aromatic heterocycles. The van der Waals surface area contributed by atoms with Gasteiger partial charge >= 0.3 is 0 Å². The molecule has 23 heavy (non-hydrogen) atoms. The van der Waals surface area contributed by atoms with Crippen molar-refractivity contribution in [3.05, 3.63) is 53.9 Å². The quantitative estimate of drug-likeness (QED) is 0.844. The molecule has 4 nitrogen and oxygen atoms in total. The van der Waals surface area contributed by atoms with Crippen LogP contribution in [0.1, 0.15) is 45.0 Å². The number of fused-ring (bicyclic) bond motifs is 1. The van der Waals surface area contributed by atoms with Gasteiger partial charge in [0, 0.05) is 25.0 Å². The van der Waals surface area contributed by atoms with Crippen molar-refractivity contribution in [1.29, 1.82) is 0 Å². The van der Waals surface area contributed by atoms with E-state index >= 15 is 0 Å². The van der Waals surface area contributed by atoms with Gasteiger partial charge in [0.25, 0.3) is 0 Å². The Balaban J connectivity index is 1.93. The average Bonchev–Trinajstić information content (AvgIpc) is 2.96. The second-order valence-electron chi connectivity index (χ2n) is 7.19. The molecule has 124 valence electrons. The minimum absolute atomic E-state index is 0.0154. The standard InChI is InChI=1S/C18H24N2O2S/c1-14-17-6-5-11-19(17)12-13-20(14)23(21,22)16-9-7-15(8-10-16)18(2,3)4/h5-11,14H,12-13H2,1-4H3/t14-/m0/s1. The molecule has 0 unspecified atom stereocenters. The first-order chi connectivity index (χ1) is 10.7. The van der Waals surface area contributed by atoms with Crippen molar-refractivity contribution in [2.75, 3.05) is 6.54 Å². The molecule has 2 aromatic rings. The monoisotopic (exact) mass is 332 g/mol. The Bertz CT molecular complexity index is 798. The highest BCUT2D eigenvalue weighted by atomic mass is 32.2. The molecule has 0 bridgehead atoms. The average molecular weight is 332 g/mol. The Morgan fingerprint density at radius 1 is 1.04 bits per heavy atom. The van der Waals surface area contributed by atoms with Gasteiger partial charge in [-0.05, 0) is 42.2 Å². The molecule has 0 spiro atoms. The van der Waals surface area contributed by atoms with Crippen LogP contribution in [-0.4, -0.2) is 23.8 Å². The van der Waals surface area contributed by atoms with E-state index < -0.39 is 10.0 Å². The largest absolute Gasteiger partial charge is 0.349 e. The van der Waals surface area contributed by atoms with E-state index in [1.165, 1.54) is 0 Å². The van der Waals surface area contributed by atoms with Crippen LogP contribution in [0.5, 0.6) is 0 Å². The summed E-state index contributed by atoms with van der Waals surface area (Å²) in [7, 11) is -3.47. The van der Waals surface area contributed by atoms with E-state index in [1.54, 1.807) is 16.4 Å². The van der Waals surface area contributed by atoms with Crippen molar-refractivity contribution >= 4 is 10.0 Å². The normalized spacial score (nSPS) is 19.6. The Morgan fingerprint density at radius 2 is 1.70 bits per heavy atom. The van der Waals surface area contributed by atoms with E-state index in [4.69, 9.17) is 0 Å². The summed E-state index contributed by atoms with van der Waals surface area (Å²) in [5, 5.41) is 0. The summed E-state index contributed by atoms with van der Waals surface area (Å²) in [5.41, 5.74) is 2.20. The minimum atomic E-state index is -3.47. The highest BCUT2D eigenvalue weighted by molar-refractivity contribution is 7.89. The third kappa shape index (κ3) is 2.83. The van der Waals surface area contributed by atoms with Gasteiger partial charge in [0.1, 0.15) is 0 Å². The maximum atomic E-state index is 13.0. The second kappa shape index (κ2) is 5.49. The van der Waals surface area contributed by atoms with Crippen LogP contribution < -0.4 is 0 Å². The maximum absolute atomic E-state index is 13.0. The van der Waals surface area contributed by atoms with Gasteiger partial charge in [-0.1, -0.05) is 32.9 Å². The van der Waals surface area contributed by atoms with Crippen LogP contribution in [0.15, 0.2) is 47.5 Å². The van der Waals surface area contributed by atoms with E-state index in [2.05, 4.69) is 25.3 Å². The zero-order valence-electron chi connectivity index (χ0n) is 14.2. The lowest BCUT2D eigenvalue weighted by atomic mass is 9.87. The van der Waals surface area contributed by atoms with Gasteiger partial charge in [-0.3, -0.25) is 0 Å². The lowest BCUT2D eigenvalue weighted by molar-refractivity contribution is 0.282. The van der Waals surface area contributed by atoms with E-state index in [0.29, 0.717) is 18.0 Å². The number of sulfonamides is 1. The Labute approximate surface area is 138 Å². The first-order valence-corrected chi connectivity index (χ1v) is 9.43. The second-order valence-corrected chi connectivity index (χ2v) is 9.08. The Hall–Kier alpha value is -1.59. The van der Waals surface area contributed by atoms with Crippen molar-refractivity contribution in [3.63, 3.8) is 0 Å². The van der Waals surface area contributed by atoms with Crippen LogP contribution in [0.25, 0.3) is 0 Å². The van der Waals surface area contributed by atoms with Gasteiger partial charge in [-0.15, -0.1) is 0 Å². The summed E-state index contributed by atoms with van der Waals surface area (Å²) in [6, 6.07) is 11.1. The van der Waals surface area contributed by atoms with Crippen LogP contribution >= 0.6 is 0 Å². The smallest absolute Gasteiger partial charge is 0.243 e. The molecule has 1 atom stereocenters. The van der Waals surface area contributed by atoms with Gasteiger partial charge < -0.3 is 4.57 Å². The number of aromatic nitrogens is 1. The predicted molar refractivity (Wildman–Crippen MR) is 91.9 cm³/mol. The first-order valence-electron chi connectivity index (χ1n) is 7.99. The van der Waals surface area contributed by atoms with Crippen LogP contribution in [0.3, 0.4) is 0 Å². The molecule has 0 radical (unpaired) electrons. The maximum Gasteiger partial charge on any atom is 0.243 e. The lowest BCUT2D eigenvalue weighted by Gasteiger charge is -2.34. The number of nitrogens with zero attached hydrogens (tertiary/aromatic N) is 2. The zero-order valence-corrected chi connectivity index (χ0v) is 15.0. The molecule has 3 rings (SSSR count). The number of benzene rings is 1. The molecule has 2 heterocycles. The molecule has 0 fully saturated rings. The van der Waals surface area contributed by atoms with E-state index in [-0.39, 0.29) is 11.5 Å². The molecule has 1 aromatic carbocycles. The third-order valence-electron chi connectivity index (χ3n) is 4.61. The molecule has 5 heteroatoms. The van der Waals surface area contributed by atoms with Crippen molar-refractivity contribution in [2.45, 2.75) is 50.6 Å². The van der Waals surface area contributed by atoms with Crippen molar-refractivity contribution in [2.24, 2.45) is 0 Å². The molecule has 0 N–H and O–H groups in total. The summed E-state index contributed by atoms with van der Waals surface area (Å²) in [4.78, 5) is 0.373. The van der Waals surface area contributed by atoms with Crippen LogP contribution in [0.2, 0.25) is 0 Å². The molecule has 1 aliphatic rings. The molecule has 0 saturated heterocycles. The molecular weight excluding hydrogens is 308 g/mol. The van der Waals surface area contributed by atoms with Crippen LogP contribution in [-0.2, 0) is 22.0 Å². The van der Waals surface area contributed by atoms with Gasteiger partial charge in [-0.2, -0.15) is 4.31 Å². The fraction of sp³-hybridized carbons (Fsp3) is 0.444. The lowest BCUT2D eigenvalue weighted by Crippen LogP contribution is -2.40. The van der Waals surface area contributed by atoms with Crippen LogP contribution in [0, 0.1) is 0 Å². The van der Waals surface area contributed by atoms with Gasteiger partial charge in [0.2, 0.25) is 10.0 Å². The van der Waals surface area contributed by atoms with Crippen molar-refractivity contribution in [1.82, 2.24) is 8.87 Å². The molecule has 1 aliphatic heterocycles. The SMILES string of the molecule is C[C@H]1c2cccn2CCN1S(=O)(=O)c1ccc(C(C)(C)C)cc1. The van der Waals surface area contributed by atoms with Gasteiger partial charge in [0.05, 0.1) is 10.9 Å². The topological polar surface area (TPSA) is 42.3 Å². The van der Waals surface area contributed by atoms with E-state index in [9.17, 15) is 8.42 Å². The molecule has 0 aliphatic carbocycles. The summed E-state index contributed by atoms with van der Waals surface area (Å²) in [6.07, 6.45) is 2.01. The molecule has 0 saturated carbocycles. The van der Waals surface area contributed by atoms with Gasteiger partial charge in [0.15, 0.2) is 0 Å².